The number of methoxy groups -OCH3 is 1. The van der Waals surface area contributed by atoms with Crippen LogP contribution < -0.4 is 4.90 Å². The molecule has 0 unspecified atom stereocenters. The number of hydrogen-bond donors (Lipinski definition) is 0. The first-order valence-corrected chi connectivity index (χ1v) is 9.19. The van der Waals surface area contributed by atoms with Gasteiger partial charge < -0.3 is 9.64 Å². The molecule has 1 fully saturated rings. The first-order valence-electron chi connectivity index (χ1n) is 9.19. The largest absolute Gasteiger partial charge is 0.381 e. The van der Waals surface area contributed by atoms with Crippen molar-refractivity contribution in [3.63, 3.8) is 0 Å². The molecule has 0 bridgehead atoms. The summed E-state index contributed by atoms with van der Waals surface area (Å²) in [6, 6.07) is 2.69. The van der Waals surface area contributed by atoms with E-state index in [1.807, 2.05) is 34.8 Å². The van der Waals surface area contributed by atoms with Crippen molar-refractivity contribution in [2.45, 2.75) is 85.3 Å². The van der Waals surface area contributed by atoms with Gasteiger partial charge in [-0.2, -0.15) is 0 Å². The van der Waals surface area contributed by atoms with E-state index in [1.54, 1.807) is 6.33 Å². The predicted molar refractivity (Wildman–Crippen MR) is 100 cm³/mol. The molecule has 1 aliphatic rings. The molecule has 0 N–H and O–H groups in total. The fourth-order valence-corrected chi connectivity index (χ4v) is 2.73. The van der Waals surface area contributed by atoms with Crippen LogP contribution in [0.2, 0.25) is 0 Å². The van der Waals surface area contributed by atoms with Gasteiger partial charge in [0.1, 0.15) is 12.1 Å². The number of hydrogen-bond acceptors (Lipinski definition) is 4. The predicted octanol–water partition coefficient (Wildman–Crippen LogP) is 5.05. The minimum absolute atomic E-state index is 0.444. The van der Waals surface area contributed by atoms with Gasteiger partial charge in [-0.25, -0.2) is 9.97 Å². The van der Waals surface area contributed by atoms with Crippen LogP contribution in [-0.2, 0) is 4.74 Å². The second-order valence-corrected chi connectivity index (χ2v) is 5.73. The standard InChI is InChI=1S/C15H25N3O.2C2H6/c1-11(2)14-9-15(17-10-16-14)18(3)12-5-7-13(19-4)8-6-12;2*1-2/h9-13H,5-8H2,1-4H3;2*1-2H3. The van der Waals surface area contributed by atoms with E-state index in [0.717, 1.165) is 24.4 Å². The van der Waals surface area contributed by atoms with Gasteiger partial charge in [0.25, 0.3) is 0 Å². The molecule has 2 rings (SSSR count). The summed E-state index contributed by atoms with van der Waals surface area (Å²) in [7, 11) is 3.96. The third-order valence-corrected chi connectivity index (χ3v) is 4.15. The summed E-state index contributed by atoms with van der Waals surface area (Å²) in [5, 5.41) is 0. The maximum atomic E-state index is 5.43. The Hall–Kier alpha value is -1.16. The van der Waals surface area contributed by atoms with Crippen molar-refractivity contribution in [3.05, 3.63) is 18.1 Å². The third kappa shape index (κ3) is 6.86. The van der Waals surface area contributed by atoms with Gasteiger partial charge in [0.2, 0.25) is 0 Å². The Kier molecular flexibility index (Phi) is 11.7. The molecular weight excluding hydrogens is 286 g/mol. The van der Waals surface area contributed by atoms with Crippen LogP contribution in [0.25, 0.3) is 0 Å². The lowest BCUT2D eigenvalue weighted by Crippen LogP contribution is -2.37. The Morgan fingerprint density at radius 3 is 2.09 bits per heavy atom. The summed E-state index contributed by atoms with van der Waals surface area (Å²) in [5.74, 6) is 1.49. The molecule has 4 nitrogen and oxygen atoms in total. The van der Waals surface area contributed by atoms with Gasteiger partial charge >= 0.3 is 0 Å². The Labute approximate surface area is 143 Å². The average molecular weight is 324 g/mol. The topological polar surface area (TPSA) is 38.2 Å². The fraction of sp³-hybridized carbons (Fsp3) is 0.789. The van der Waals surface area contributed by atoms with Gasteiger partial charge in [0, 0.05) is 32.0 Å². The summed E-state index contributed by atoms with van der Waals surface area (Å²) >= 11 is 0. The van der Waals surface area contributed by atoms with Gasteiger partial charge in [0.15, 0.2) is 0 Å². The lowest BCUT2D eigenvalue weighted by molar-refractivity contribution is 0.0659. The van der Waals surface area contributed by atoms with Crippen LogP contribution in [0.5, 0.6) is 0 Å². The van der Waals surface area contributed by atoms with Crippen molar-refractivity contribution in [3.8, 4) is 0 Å². The Bertz CT molecular complexity index is 401. The monoisotopic (exact) mass is 323 g/mol. The van der Waals surface area contributed by atoms with Crippen LogP contribution >= 0.6 is 0 Å². The van der Waals surface area contributed by atoms with E-state index in [2.05, 4.69) is 41.8 Å². The quantitative estimate of drug-likeness (QED) is 0.777. The van der Waals surface area contributed by atoms with Gasteiger partial charge in [-0.3, -0.25) is 0 Å². The smallest absolute Gasteiger partial charge is 0.132 e. The fourth-order valence-electron chi connectivity index (χ4n) is 2.73. The van der Waals surface area contributed by atoms with Crippen LogP contribution in [0.4, 0.5) is 5.82 Å². The molecule has 0 amide bonds. The molecule has 0 aromatic carbocycles. The maximum Gasteiger partial charge on any atom is 0.132 e. The highest BCUT2D eigenvalue weighted by Crippen LogP contribution is 2.27. The summed E-state index contributed by atoms with van der Waals surface area (Å²) in [5.41, 5.74) is 1.11. The molecule has 0 radical (unpaired) electrons. The van der Waals surface area contributed by atoms with Crippen LogP contribution in [0.15, 0.2) is 12.4 Å². The van der Waals surface area contributed by atoms with Crippen molar-refractivity contribution in [2.24, 2.45) is 0 Å². The molecule has 1 heterocycles. The summed E-state index contributed by atoms with van der Waals surface area (Å²) in [6.07, 6.45) is 6.77. The SMILES string of the molecule is CC.CC.COC1CCC(N(C)c2cc(C(C)C)ncn2)CC1. The normalized spacial score (nSPS) is 20.0. The van der Waals surface area contributed by atoms with E-state index in [1.165, 1.54) is 12.8 Å². The van der Waals surface area contributed by atoms with Crippen LogP contribution in [0.1, 0.15) is 78.8 Å². The molecule has 134 valence electrons. The van der Waals surface area contributed by atoms with Crippen molar-refractivity contribution in [2.75, 3.05) is 19.1 Å². The van der Waals surface area contributed by atoms with Crippen molar-refractivity contribution < 1.29 is 4.74 Å². The molecular formula is C19H37N3O. The second-order valence-electron chi connectivity index (χ2n) is 5.73. The molecule has 1 saturated carbocycles. The minimum Gasteiger partial charge on any atom is -0.381 e. The van der Waals surface area contributed by atoms with Crippen LogP contribution in [0, 0.1) is 0 Å². The maximum absolute atomic E-state index is 5.43. The minimum atomic E-state index is 0.444. The first kappa shape index (κ1) is 21.8. The summed E-state index contributed by atoms with van der Waals surface area (Å²) in [6.45, 7) is 12.3. The van der Waals surface area contributed by atoms with E-state index in [-0.39, 0.29) is 0 Å². The van der Waals surface area contributed by atoms with Crippen molar-refractivity contribution >= 4 is 5.82 Å². The van der Waals surface area contributed by atoms with E-state index in [9.17, 15) is 0 Å². The molecule has 0 atom stereocenters. The number of nitrogens with zero attached hydrogens (tertiary/aromatic N) is 3. The summed E-state index contributed by atoms with van der Waals surface area (Å²) < 4.78 is 5.43. The molecule has 1 aliphatic carbocycles. The molecule has 1 aromatic rings. The third-order valence-electron chi connectivity index (χ3n) is 4.15. The zero-order valence-corrected chi connectivity index (χ0v) is 16.5. The van der Waals surface area contributed by atoms with Crippen molar-refractivity contribution in [1.29, 1.82) is 0 Å². The van der Waals surface area contributed by atoms with Gasteiger partial charge in [0.05, 0.1) is 6.10 Å². The van der Waals surface area contributed by atoms with Gasteiger partial charge in [-0.1, -0.05) is 41.5 Å². The van der Waals surface area contributed by atoms with E-state index >= 15 is 0 Å². The highest BCUT2D eigenvalue weighted by molar-refractivity contribution is 5.39. The molecule has 0 spiro atoms. The molecule has 1 aromatic heterocycles. The Morgan fingerprint density at radius 2 is 1.61 bits per heavy atom. The number of rotatable bonds is 4. The number of anilines is 1. The van der Waals surface area contributed by atoms with E-state index < -0.39 is 0 Å². The Morgan fingerprint density at radius 1 is 1.04 bits per heavy atom. The lowest BCUT2D eigenvalue weighted by Gasteiger charge is -2.35. The Balaban J connectivity index is 0.00000112. The number of aromatic nitrogens is 2. The highest BCUT2D eigenvalue weighted by atomic mass is 16.5. The second kappa shape index (κ2) is 12.3. The van der Waals surface area contributed by atoms with Gasteiger partial charge in [-0.05, 0) is 31.6 Å². The van der Waals surface area contributed by atoms with Crippen LogP contribution in [-0.4, -0.2) is 36.3 Å². The van der Waals surface area contributed by atoms with E-state index in [0.29, 0.717) is 18.1 Å². The molecule has 0 aliphatic heterocycles. The van der Waals surface area contributed by atoms with Crippen molar-refractivity contribution in [1.82, 2.24) is 9.97 Å². The zero-order valence-electron chi connectivity index (χ0n) is 16.5. The average Bonchev–Trinajstić information content (AvgIpc) is 2.64. The zero-order chi connectivity index (χ0) is 17.8. The van der Waals surface area contributed by atoms with Crippen LogP contribution in [0.3, 0.4) is 0 Å². The molecule has 4 heteroatoms. The first-order chi connectivity index (χ1) is 11.1. The lowest BCUT2D eigenvalue weighted by atomic mass is 9.92. The summed E-state index contributed by atoms with van der Waals surface area (Å²) in [4.78, 5) is 11.1. The number of ether oxygens (including phenoxy) is 1. The molecule has 0 saturated heterocycles. The van der Waals surface area contributed by atoms with Gasteiger partial charge in [-0.15, -0.1) is 0 Å². The highest BCUT2D eigenvalue weighted by Gasteiger charge is 2.24. The van der Waals surface area contributed by atoms with E-state index in [4.69, 9.17) is 4.74 Å². The molecule has 23 heavy (non-hydrogen) atoms.